The number of anilines is 1. The Bertz CT molecular complexity index is 318. The zero-order valence-electron chi connectivity index (χ0n) is 10.2. The fourth-order valence-corrected chi connectivity index (χ4v) is 3.18. The van der Waals surface area contributed by atoms with Crippen molar-refractivity contribution in [2.24, 2.45) is 0 Å². The second kappa shape index (κ2) is 5.64. The predicted octanol–water partition coefficient (Wildman–Crippen LogP) is 2.28. The lowest BCUT2D eigenvalue weighted by molar-refractivity contribution is 0.623. The van der Waals surface area contributed by atoms with Crippen LogP contribution < -0.4 is 10.2 Å². The Kier molecular flexibility index (Phi) is 4.18. The van der Waals surface area contributed by atoms with Crippen LogP contribution in [0.3, 0.4) is 0 Å². The zero-order valence-corrected chi connectivity index (χ0v) is 11.0. The molecule has 1 aromatic rings. The number of aromatic nitrogens is 1. The minimum atomic E-state index is 0.649. The number of hydrogen-bond donors (Lipinski definition) is 1. The van der Waals surface area contributed by atoms with Gasteiger partial charge in [-0.05, 0) is 25.8 Å². The van der Waals surface area contributed by atoms with Crippen molar-refractivity contribution < 1.29 is 0 Å². The van der Waals surface area contributed by atoms with E-state index in [2.05, 4.69) is 29.4 Å². The Morgan fingerprint density at radius 2 is 2.44 bits per heavy atom. The van der Waals surface area contributed by atoms with Gasteiger partial charge in [0.1, 0.15) is 0 Å². The lowest BCUT2D eigenvalue weighted by Crippen LogP contribution is -2.37. The first-order valence-electron chi connectivity index (χ1n) is 6.27. The maximum atomic E-state index is 4.71. The van der Waals surface area contributed by atoms with Crippen molar-refractivity contribution in [3.63, 3.8) is 0 Å². The molecule has 1 unspecified atom stereocenters. The molecule has 0 spiro atoms. The van der Waals surface area contributed by atoms with Crippen molar-refractivity contribution in [3.8, 4) is 0 Å². The molecule has 1 N–H and O–H groups in total. The molecule has 0 aromatic carbocycles. The molecule has 1 atom stereocenters. The van der Waals surface area contributed by atoms with Gasteiger partial charge in [-0.25, -0.2) is 4.98 Å². The smallest absolute Gasteiger partial charge is 0.185 e. The van der Waals surface area contributed by atoms with E-state index in [0.29, 0.717) is 6.04 Å². The van der Waals surface area contributed by atoms with Gasteiger partial charge in [0, 0.05) is 24.5 Å². The lowest BCUT2D eigenvalue weighted by Gasteiger charge is -2.27. The van der Waals surface area contributed by atoms with E-state index in [1.807, 2.05) is 0 Å². The van der Waals surface area contributed by atoms with Crippen molar-refractivity contribution in [3.05, 3.63) is 11.1 Å². The first-order chi connectivity index (χ1) is 7.85. The average Bonchev–Trinajstić information content (AvgIpc) is 2.97. The van der Waals surface area contributed by atoms with Crippen LogP contribution in [0.25, 0.3) is 0 Å². The third-order valence-electron chi connectivity index (χ3n) is 3.09. The number of aryl methyl sites for hydroxylation is 1. The van der Waals surface area contributed by atoms with Gasteiger partial charge in [0.2, 0.25) is 0 Å². The molecule has 4 heteroatoms. The highest BCUT2D eigenvalue weighted by molar-refractivity contribution is 7.13. The minimum absolute atomic E-state index is 0.649. The SMILES string of the molecule is CCCN(c1nc(CC)cs1)C1CCNC1. The fourth-order valence-electron chi connectivity index (χ4n) is 2.17. The summed E-state index contributed by atoms with van der Waals surface area (Å²) in [6.07, 6.45) is 3.48. The van der Waals surface area contributed by atoms with Gasteiger partial charge in [0.05, 0.1) is 5.69 Å². The number of nitrogens with zero attached hydrogens (tertiary/aromatic N) is 2. The molecule has 90 valence electrons. The first-order valence-corrected chi connectivity index (χ1v) is 7.14. The van der Waals surface area contributed by atoms with Gasteiger partial charge in [-0.3, -0.25) is 0 Å². The molecule has 0 saturated carbocycles. The van der Waals surface area contributed by atoms with Crippen LogP contribution in [0, 0.1) is 0 Å². The monoisotopic (exact) mass is 239 g/mol. The van der Waals surface area contributed by atoms with Gasteiger partial charge in [-0.15, -0.1) is 11.3 Å². The summed E-state index contributed by atoms with van der Waals surface area (Å²) in [6.45, 7) is 7.80. The second-order valence-electron chi connectivity index (χ2n) is 4.31. The zero-order chi connectivity index (χ0) is 11.4. The van der Waals surface area contributed by atoms with Gasteiger partial charge in [-0.1, -0.05) is 13.8 Å². The molecule has 1 aliphatic heterocycles. The number of nitrogens with one attached hydrogen (secondary N) is 1. The molecular weight excluding hydrogens is 218 g/mol. The number of thiazole rings is 1. The van der Waals surface area contributed by atoms with Crippen LogP contribution in [0.4, 0.5) is 5.13 Å². The van der Waals surface area contributed by atoms with Crippen LogP contribution in [-0.4, -0.2) is 30.7 Å². The summed E-state index contributed by atoms with van der Waals surface area (Å²) in [7, 11) is 0. The molecule has 1 aliphatic rings. The Balaban J connectivity index is 2.10. The lowest BCUT2D eigenvalue weighted by atomic mass is 10.2. The Labute approximate surface area is 102 Å². The molecule has 0 radical (unpaired) electrons. The van der Waals surface area contributed by atoms with Crippen LogP contribution >= 0.6 is 11.3 Å². The summed E-state index contributed by atoms with van der Waals surface area (Å²) in [5.74, 6) is 0. The molecular formula is C12H21N3S. The molecule has 3 nitrogen and oxygen atoms in total. The molecule has 2 rings (SSSR count). The van der Waals surface area contributed by atoms with Crippen LogP contribution in [0.15, 0.2) is 5.38 Å². The van der Waals surface area contributed by atoms with Gasteiger partial charge in [0.15, 0.2) is 5.13 Å². The van der Waals surface area contributed by atoms with Gasteiger partial charge in [-0.2, -0.15) is 0 Å². The number of hydrogen-bond acceptors (Lipinski definition) is 4. The van der Waals surface area contributed by atoms with Gasteiger partial charge in [0.25, 0.3) is 0 Å². The Morgan fingerprint density at radius 3 is 3.00 bits per heavy atom. The van der Waals surface area contributed by atoms with Crippen LogP contribution in [-0.2, 0) is 6.42 Å². The highest BCUT2D eigenvalue weighted by Gasteiger charge is 2.23. The molecule has 0 bridgehead atoms. The molecule has 2 heterocycles. The average molecular weight is 239 g/mol. The van der Waals surface area contributed by atoms with E-state index in [1.165, 1.54) is 23.7 Å². The second-order valence-corrected chi connectivity index (χ2v) is 5.15. The summed E-state index contributed by atoms with van der Waals surface area (Å²) in [5.41, 5.74) is 1.23. The van der Waals surface area contributed by atoms with Crippen molar-refractivity contribution in [1.82, 2.24) is 10.3 Å². The van der Waals surface area contributed by atoms with Crippen LogP contribution in [0.2, 0.25) is 0 Å². The topological polar surface area (TPSA) is 28.2 Å². The summed E-state index contributed by atoms with van der Waals surface area (Å²) >= 11 is 1.80. The summed E-state index contributed by atoms with van der Waals surface area (Å²) in [6, 6.07) is 0.649. The van der Waals surface area contributed by atoms with Gasteiger partial charge >= 0.3 is 0 Å². The molecule has 1 saturated heterocycles. The Morgan fingerprint density at radius 1 is 1.56 bits per heavy atom. The summed E-state index contributed by atoms with van der Waals surface area (Å²) < 4.78 is 0. The minimum Gasteiger partial charge on any atom is -0.344 e. The molecule has 16 heavy (non-hydrogen) atoms. The third kappa shape index (κ3) is 2.55. The largest absolute Gasteiger partial charge is 0.344 e. The van der Waals surface area contributed by atoms with E-state index in [-0.39, 0.29) is 0 Å². The summed E-state index contributed by atoms with van der Waals surface area (Å²) in [4.78, 5) is 7.20. The highest BCUT2D eigenvalue weighted by atomic mass is 32.1. The maximum absolute atomic E-state index is 4.71. The van der Waals surface area contributed by atoms with E-state index in [0.717, 1.165) is 26.1 Å². The van der Waals surface area contributed by atoms with E-state index in [4.69, 9.17) is 4.98 Å². The van der Waals surface area contributed by atoms with Crippen LogP contribution in [0.1, 0.15) is 32.4 Å². The first kappa shape index (κ1) is 11.9. The van der Waals surface area contributed by atoms with Crippen molar-refractivity contribution >= 4 is 16.5 Å². The normalized spacial score (nSPS) is 20.2. The van der Waals surface area contributed by atoms with E-state index in [9.17, 15) is 0 Å². The van der Waals surface area contributed by atoms with E-state index >= 15 is 0 Å². The highest BCUT2D eigenvalue weighted by Crippen LogP contribution is 2.25. The standard InChI is InChI=1S/C12H21N3S/c1-3-7-15(11-5-6-13-8-11)12-14-10(4-2)9-16-12/h9,11,13H,3-8H2,1-2H3. The molecule has 1 aromatic heterocycles. The molecule has 0 aliphatic carbocycles. The maximum Gasteiger partial charge on any atom is 0.185 e. The molecule has 0 amide bonds. The summed E-state index contributed by atoms with van der Waals surface area (Å²) in [5, 5.41) is 6.85. The predicted molar refractivity (Wildman–Crippen MR) is 70.4 cm³/mol. The number of rotatable bonds is 5. The van der Waals surface area contributed by atoms with Crippen molar-refractivity contribution in [2.75, 3.05) is 24.5 Å². The van der Waals surface area contributed by atoms with E-state index in [1.54, 1.807) is 11.3 Å². The van der Waals surface area contributed by atoms with Crippen molar-refractivity contribution in [1.29, 1.82) is 0 Å². The van der Waals surface area contributed by atoms with Crippen molar-refractivity contribution in [2.45, 2.75) is 39.2 Å². The third-order valence-corrected chi connectivity index (χ3v) is 4.01. The van der Waals surface area contributed by atoms with Crippen LogP contribution in [0.5, 0.6) is 0 Å². The Hall–Kier alpha value is -0.610. The quantitative estimate of drug-likeness (QED) is 0.854. The van der Waals surface area contributed by atoms with Gasteiger partial charge < -0.3 is 10.2 Å². The molecule has 1 fully saturated rings. The van der Waals surface area contributed by atoms with E-state index < -0.39 is 0 Å². The fraction of sp³-hybridized carbons (Fsp3) is 0.750.